The molecule has 0 aromatic heterocycles. The molecule has 27 heavy (non-hydrogen) atoms. The van der Waals surface area contributed by atoms with E-state index in [4.69, 9.17) is 9.03 Å². The Balaban J connectivity index is 7.27. The van der Waals surface area contributed by atoms with E-state index in [0.29, 0.717) is 0 Å². The van der Waals surface area contributed by atoms with Crippen molar-refractivity contribution in [3.8, 4) is 0 Å². The maximum absolute atomic E-state index is 5.58. The van der Waals surface area contributed by atoms with Crippen molar-refractivity contribution in [2.45, 2.75) is 0 Å². The summed E-state index contributed by atoms with van der Waals surface area (Å²) >= 11 is 0. The highest BCUT2D eigenvalue weighted by Crippen LogP contribution is 2.76. The maximum Gasteiger partial charge on any atom is 0.323 e. The van der Waals surface area contributed by atoms with Crippen molar-refractivity contribution in [2.75, 3.05) is 105 Å². The molecule has 0 spiro atoms. The van der Waals surface area contributed by atoms with Crippen LogP contribution in [0.2, 0.25) is 0 Å². The minimum Gasteiger partial charge on any atom is -0.249 e. The fourth-order valence-electron chi connectivity index (χ4n) is 3.26. The third-order valence-electron chi connectivity index (χ3n) is 4.56. The van der Waals surface area contributed by atoms with E-state index < -0.39 is 22.7 Å². The summed E-state index contributed by atoms with van der Waals surface area (Å²) in [5.41, 5.74) is 0. The van der Waals surface area contributed by atoms with Gasteiger partial charge in [0.25, 0.3) is 0 Å². The zero-order chi connectivity index (χ0) is 22.0. The Kier molecular flexibility index (Phi) is 10.3. The summed E-state index contributed by atoms with van der Waals surface area (Å²) in [6, 6.07) is 0. The van der Waals surface area contributed by atoms with E-state index in [9.17, 15) is 0 Å². The standard InChI is InChI=1S/C15H45N9P3/c1-18(2)25(15,16-26(19(3)4,20(5)6)21(7)8)17-27(22(9)10,23(11)12)24(13)14/h1-15H3/q+1. The lowest BCUT2D eigenvalue weighted by Gasteiger charge is -2.43. The van der Waals surface area contributed by atoms with Gasteiger partial charge in [-0.25, -0.2) is 28.0 Å². The zero-order valence-corrected chi connectivity index (χ0v) is 23.0. The van der Waals surface area contributed by atoms with Gasteiger partial charge in [-0.05, 0) is 84.6 Å². The van der Waals surface area contributed by atoms with Crippen LogP contribution in [0.15, 0.2) is 9.03 Å². The summed E-state index contributed by atoms with van der Waals surface area (Å²) in [5.74, 6) is 0. The first kappa shape index (κ1) is 27.6. The Labute approximate surface area is 170 Å². The minimum absolute atomic E-state index is 2.06. The largest absolute Gasteiger partial charge is 0.323 e. The molecular formula is C15H45N9P3+. The molecule has 12 heteroatoms. The van der Waals surface area contributed by atoms with E-state index >= 15 is 0 Å². The summed E-state index contributed by atoms with van der Waals surface area (Å²) in [7, 11) is 23.3. The zero-order valence-electron chi connectivity index (χ0n) is 20.4. The predicted molar refractivity (Wildman–Crippen MR) is 127 cm³/mol. The van der Waals surface area contributed by atoms with Crippen molar-refractivity contribution >= 4 is 22.7 Å². The van der Waals surface area contributed by atoms with Crippen molar-refractivity contribution in [1.82, 2.24) is 32.7 Å². The number of hydrogen-bond donors (Lipinski definition) is 0. The first-order valence-electron chi connectivity index (χ1n) is 8.91. The van der Waals surface area contributed by atoms with Gasteiger partial charge in [-0.1, -0.05) is 9.03 Å². The Hall–Kier alpha value is 0.610. The minimum atomic E-state index is -2.18. The molecule has 0 unspecified atom stereocenters. The van der Waals surface area contributed by atoms with Gasteiger partial charge < -0.3 is 0 Å². The molecule has 0 aromatic carbocycles. The van der Waals surface area contributed by atoms with Crippen molar-refractivity contribution in [1.29, 1.82) is 0 Å². The molecule has 0 aliphatic carbocycles. The number of nitrogens with zero attached hydrogens (tertiary/aromatic N) is 9. The Morgan fingerprint density at radius 3 is 0.741 bits per heavy atom. The molecule has 0 saturated carbocycles. The maximum atomic E-state index is 5.58. The Morgan fingerprint density at radius 2 is 0.630 bits per heavy atom. The number of hydrogen-bond acceptors (Lipinski definition) is 3. The number of rotatable bonds is 9. The van der Waals surface area contributed by atoms with Crippen LogP contribution >= 0.6 is 22.7 Å². The van der Waals surface area contributed by atoms with E-state index in [0.717, 1.165) is 0 Å². The average Bonchev–Trinajstić information content (AvgIpc) is 2.47. The van der Waals surface area contributed by atoms with Gasteiger partial charge >= 0.3 is 7.71 Å². The molecule has 0 saturated heterocycles. The molecule has 0 bridgehead atoms. The quantitative estimate of drug-likeness (QED) is 0.506. The van der Waals surface area contributed by atoms with Crippen LogP contribution in [-0.4, -0.2) is 138 Å². The fourth-order valence-corrected chi connectivity index (χ4v) is 16.8. The van der Waals surface area contributed by atoms with Crippen molar-refractivity contribution < 1.29 is 0 Å². The summed E-state index contributed by atoms with van der Waals surface area (Å²) in [4.78, 5) is 0. The van der Waals surface area contributed by atoms with E-state index in [-0.39, 0.29) is 0 Å². The first-order chi connectivity index (χ1) is 12.0. The van der Waals surface area contributed by atoms with Crippen LogP contribution in [0.3, 0.4) is 0 Å². The lowest BCUT2D eigenvalue weighted by molar-refractivity contribution is 0.472. The third kappa shape index (κ3) is 5.40. The lowest BCUT2D eigenvalue weighted by Crippen LogP contribution is -2.32. The third-order valence-corrected chi connectivity index (χ3v) is 17.1. The monoisotopic (exact) mass is 444 g/mol. The van der Waals surface area contributed by atoms with E-state index in [2.05, 4.69) is 138 Å². The van der Waals surface area contributed by atoms with Crippen molar-refractivity contribution in [2.24, 2.45) is 9.03 Å². The van der Waals surface area contributed by atoms with E-state index in [1.54, 1.807) is 0 Å². The second-order valence-electron chi connectivity index (χ2n) is 8.05. The highest BCUT2D eigenvalue weighted by atomic mass is 31.3. The van der Waals surface area contributed by atoms with Gasteiger partial charge in [0.05, 0.1) is 0 Å². The van der Waals surface area contributed by atoms with Crippen LogP contribution in [0, 0.1) is 0 Å². The van der Waals surface area contributed by atoms with E-state index in [1.807, 2.05) is 0 Å². The van der Waals surface area contributed by atoms with Crippen LogP contribution in [-0.2, 0) is 0 Å². The van der Waals surface area contributed by atoms with Crippen LogP contribution in [0.4, 0.5) is 0 Å². The molecule has 0 aliphatic heterocycles. The molecule has 164 valence electrons. The van der Waals surface area contributed by atoms with Gasteiger partial charge in [-0.3, -0.25) is 0 Å². The molecule has 0 atom stereocenters. The lowest BCUT2D eigenvalue weighted by atomic mass is 11.2. The van der Waals surface area contributed by atoms with E-state index in [1.165, 1.54) is 0 Å². The molecule has 0 aromatic rings. The molecule has 0 aliphatic rings. The van der Waals surface area contributed by atoms with Gasteiger partial charge in [0, 0.05) is 14.1 Å². The normalized spacial score (nSPS) is 14.6. The smallest absolute Gasteiger partial charge is 0.249 e. The molecule has 0 N–H and O–H groups in total. The molecule has 0 fully saturated rings. The van der Waals surface area contributed by atoms with Crippen LogP contribution < -0.4 is 0 Å². The molecule has 0 heterocycles. The summed E-state index contributed by atoms with van der Waals surface area (Å²) < 4.78 is 26.9. The Bertz CT molecular complexity index is 482. The molecule has 0 rings (SSSR count). The fraction of sp³-hybridized carbons (Fsp3) is 1.00. The first-order valence-corrected chi connectivity index (χ1v) is 14.2. The van der Waals surface area contributed by atoms with Gasteiger partial charge in [0.1, 0.15) is 6.66 Å². The van der Waals surface area contributed by atoms with Crippen molar-refractivity contribution in [3.05, 3.63) is 0 Å². The Morgan fingerprint density at radius 1 is 0.444 bits per heavy atom. The summed E-state index contributed by atoms with van der Waals surface area (Å²) in [6.45, 7) is 2.23. The molecule has 9 nitrogen and oxygen atoms in total. The topological polar surface area (TPSA) is 47.4 Å². The average molecular weight is 445 g/mol. The molecular weight excluding hydrogens is 399 g/mol. The molecule has 0 radical (unpaired) electrons. The van der Waals surface area contributed by atoms with Crippen LogP contribution in [0.25, 0.3) is 0 Å². The van der Waals surface area contributed by atoms with Crippen LogP contribution in [0.1, 0.15) is 0 Å². The van der Waals surface area contributed by atoms with Gasteiger partial charge in [-0.15, -0.1) is 4.67 Å². The molecule has 0 amide bonds. The second-order valence-corrected chi connectivity index (χ2v) is 19.0. The van der Waals surface area contributed by atoms with Crippen LogP contribution in [0.5, 0.6) is 0 Å². The van der Waals surface area contributed by atoms with Gasteiger partial charge in [0.15, 0.2) is 0 Å². The van der Waals surface area contributed by atoms with Gasteiger partial charge in [0.2, 0.25) is 15.0 Å². The highest BCUT2D eigenvalue weighted by molar-refractivity contribution is 7.81. The van der Waals surface area contributed by atoms with Gasteiger partial charge in [-0.2, -0.15) is 0 Å². The van der Waals surface area contributed by atoms with Crippen molar-refractivity contribution in [3.63, 3.8) is 0 Å². The highest BCUT2D eigenvalue weighted by Gasteiger charge is 2.47. The summed E-state index contributed by atoms with van der Waals surface area (Å²) in [5, 5.41) is 0. The predicted octanol–water partition coefficient (Wildman–Crippen LogP) is 3.20. The second kappa shape index (κ2) is 10.1. The summed E-state index contributed by atoms with van der Waals surface area (Å²) in [6.07, 6.45) is 0. The SMILES string of the molecule is CN(C)P(=N[P+](C)(N=P(N(C)C)(N(C)C)N(C)C)N(C)C)(N(C)C)N(C)C.